The molecule has 0 radical (unpaired) electrons. The Balaban J connectivity index is 2.07. The quantitative estimate of drug-likeness (QED) is 0.862. The first-order valence-electron chi connectivity index (χ1n) is 5.58. The molecule has 0 saturated carbocycles. The second-order valence-electron chi connectivity index (χ2n) is 4.08. The van der Waals surface area contributed by atoms with Gasteiger partial charge in [0.05, 0.1) is 17.1 Å². The van der Waals surface area contributed by atoms with Crippen LogP contribution in [0.25, 0.3) is 11.0 Å². The van der Waals surface area contributed by atoms with E-state index in [9.17, 15) is 0 Å². The molecular weight excluding hydrogens is 250 g/mol. The van der Waals surface area contributed by atoms with Crippen molar-refractivity contribution in [3.63, 3.8) is 0 Å². The molecule has 0 unspecified atom stereocenters. The van der Waals surface area contributed by atoms with Crippen LogP contribution < -0.4 is 5.32 Å². The van der Waals surface area contributed by atoms with Crippen LogP contribution in [0.5, 0.6) is 0 Å². The third-order valence-corrected chi connectivity index (χ3v) is 3.95. The predicted octanol–water partition coefficient (Wildman–Crippen LogP) is 2.57. The number of rotatable bonds is 3. The van der Waals surface area contributed by atoms with E-state index < -0.39 is 0 Å². The summed E-state index contributed by atoms with van der Waals surface area (Å²) in [5, 5.41) is 4.12. The Morgan fingerprint density at radius 1 is 1.47 bits per heavy atom. The summed E-state index contributed by atoms with van der Waals surface area (Å²) in [6.45, 7) is 0. The van der Waals surface area contributed by atoms with E-state index in [4.69, 9.17) is 12.2 Å². The van der Waals surface area contributed by atoms with E-state index in [1.165, 1.54) is 0 Å². The number of aromatic nitrogens is 2. The summed E-state index contributed by atoms with van der Waals surface area (Å²) in [6.07, 6.45) is 3.18. The van der Waals surface area contributed by atoms with Crippen LogP contribution in [0.3, 0.4) is 0 Å². The van der Waals surface area contributed by atoms with E-state index in [2.05, 4.69) is 27.2 Å². The van der Waals surface area contributed by atoms with E-state index in [0.717, 1.165) is 34.1 Å². The van der Waals surface area contributed by atoms with Crippen molar-refractivity contribution in [1.29, 1.82) is 0 Å². The standard InChI is InChI=1S/C12H13N3S2/c1-17-7-6-9-11-13-8-4-2-3-5-10(8)15(11)12(16)14-9/h2-5,9H,6-7H2,1H3,(H,14,16)/t9-/m1/s1. The lowest BCUT2D eigenvalue weighted by molar-refractivity contribution is 0.635. The lowest BCUT2D eigenvalue weighted by Gasteiger charge is -2.07. The molecule has 1 aromatic heterocycles. The number of thiocarbonyl (C=S) groups is 1. The number of nitrogens with one attached hydrogen (secondary N) is 1. The van der Waals surface area contributed by atoms with Crippen LogP contribution in [0.15, 0.2) is 24.3 Å². The molecule has 5 heteroatoms. The van der Waals surface area contributed by atoms with Crippen LogP contribution in [-0.4, -0.2) is 26.7 Å². The molecule has 88 valence electrons. The Morgan fingerprint density at radius 2 is 2.29 bits per heavy atom. The number of imidazole rings is 1. The van der Waals surface area contributed by atoms with Gasteiger partial charge in [0.1, 0.15) is 5.82 Å². The van der Waals surface area contributed by atoms with Crippen LogP contribution in [0.2, 0.25) is 0 Å². The minimum atomic E-state index is 0.266. The summed E-state index contributed by atoms with van der Waals surface area (Å²) in [4.78, 5) is 4.68. The highest BCUT2D eigenvalue weighted by molar-refractivity contribution is 7.98. The molecule has 17 heavy (non-hydrogen) atoms. The summed E-state index contributed by atoms with van der Waals surface area (Å²) >= 11 is 7.24. The Hall–Kier alpha value is -1.07. The lowest BCUT2D eigenvalue weighted by Crippen LogP contribution is -2.21. The third-order valence-electron chi connectivity index (χ3n) is 3.01. The monoisotopic (exact) mass is 263 g/mol. The number of para-hydroxylation sites is 2. The minimum absolute atomic E-state index is 0.266. The first kappa shape index (κ1) is 11.0. The zero-order valence-corrected chi connectivity index (χ0v) is 11.1. The molecule has 0 amide bonds. The lowest BCUT2D eigenvalue weighted by atomic mass is 10.2. The molecule has 1 N–H and O–H groups in total. The van der Waals surface area contributed by atoms with Gasteiger partial charge in [0.15, 0.2) is 5.11 Å². The first-order valence-corrected chi connectivity index (χ1v) is 7.38. The third kappa shape index (κ3) is 1.73. The van der Waals surface area contributed by atoms with Gasteiger partial charge in [-0.3, -0.25) is 4.57 Å². The van der Waals surface area contributed by atoms with Gasteiger partial charge < -0.3 is 5.32 Å². The minimum Gasteiger partial charge on any atom is -0.352 e. The maximum Gasteiger partial charge on any atom is 0.179 e. The summed E-state index contributed by atoms with van der Waals surface area (Å²) in [7, 11) is 0. The molecule has 0 fully saturated rings. The average Bonchev–Trinajstić information content (AvgIpc) is 2.85. The zero-order chi connectivity index (χ0) is 11.8. The van der Waals surface area contributed by atoms with Gasteiger partial charge in [0.25, 0.3) is 0 Å². The fourth-order valence-corrected chi connectivity index (χ4v) is 3.01. The number of nitrogens with zero attached hydrogens (tertiary/aromatic N) is 2. The molecule has 0 aliphatic carbocycles. The Bertz CT molecular complexity index is 576. The number of hydrogen-bond acceptors (Lipinski definition) is 3. The van der Waals surface area contributed by atoms with E-state index in [-0.39, 0.29) is 6.04 Å². The SMILES string of the molecule is CSCC[C@H]1NC(=S)n2c1nc1ccccc12. The highest BCUT2D eigenvalue weighted by Crippen LogP contribution is 2.28. The normalized spacial score (nSPS) is 18.4. The molecule has 0 spiro atoms. The van der Waals surface area contributed by atoms with Crippen LogP contribution in [0.4, 0.5) is 0 Å². The van der Waals surface area contributed by atoms with Crippen molar-refractivity contribution in [2.45, 2.75) is 12.5 Å². The van der Waals surface area contributed by atoms with Gasteiger partial charge in [-0.1, -0.05) is 12.1 Å². The van der Waals surface area contributed by atoms with Crippen molar-refractivity contribution in [2.75, 3.05) is 12.0 Å². The van der Waals surface area contributed by atoms with Gasteiger partial charge in [0.2, 0.25) is 0 Å². The molecule has 1 aliphatic heterocycles. The molecule has 1 atom stereocenters. The summed E-state index contributed by atoms with van der Waals surface area (Å²) < 4.78 is 2.07. The van der Waals surface area contributed by atoms with Crippen molar-refractivity contribution < 1.29 is 0 Å². The number of fused-ring (bicyclic) bond motifs is 3. The highest BCUT2D eigenvalue weighted by atomic mass is 32.2. The molecule has 3 nitrogen and oxygen atoms in total. The van der Waals surface area contributed by atoms with E-state index in [0.29, 0.717) is 0 Å². The predicted molar refractivity (Wildman–Crippen MR) is 76.6 cm³/mol. The van der Waals surface area contributed by atoms with Gasteiger partial charge in [-0.2, -0.15) is 11.8 Å². The molecule has 2 heterocycles. The van der Waals surface area contributed by atoms with Crippen LogP contribution in [-0.2, 0) is 0 Å². The van der Waals surface area contributed by atoms with Crippen LogP contribution in [0.1, 0.15) is 18.3 Å². The maximum absolute atomic E-state index is 5.39. The van der Waals surface area contributed by atoms with Gasteiger partial charge in [-0.05, 0) is 42.8 Å². The summed E-state index contributed by atoms with van der Waals surface area (Å²) in [5.74, 6) is 2.17. The number of hydrogen-bond donors (Lipinski definition) is 1. The van der Waals surface area contributed by atoms with E-state index >= 15 is 0 Å². The van der Waals surface area contributed by atoms with Gasteiger partial charge in [0, 0.05) is 0 Å². The van der Waals surface area contributed by atoms with Gasteiger partial charge in [-0.15, -0.1) is 0 Å². The molecule has 1 aliphatic rings. The average molecular weight is 263 g/mol. The van der Waals surface area contributed by atoms with Crippen molar-refractivity contribution in [3.05, 3.63) is 30.1 Å². The summed E-state index contributed by atoms with van der Waals surface area (Å²) in [5.41, 5.74) is 2.13. The molecule has 0 bridgehead atoms. The van der Waals surface area contributed by atoms with Crippen molar-refractivity contribution in [1.82, 2.24) is 14.9 Å². The number of thioether (sulfide) groups is 1. The highest BCUT2D eigenvalue weighted by Gasteiger charge is 2.28. The summed E-state index contributed by atoms with van der Waals surface area (Å²) in [6, 6.07) is 8.40. The molecule has 1 aromatic carbocycles. The second-order valence-corrected chi connectivity index (χ2v) is 5.45. The van der Waals surface area contributed by atoms with Crippen LogP contribution in [0, 0.1) is 0 Å². The van der Waals surface area contributed by atoms with Crippen molar-refractivity contribution >= 4 is 40.1 Å². The smallest absolute Gasteiger partial charge is 0.179 e. The Morgan fingerprint density at radius 3 is 3.12 bits per heavy atom. The first-order chi connectivity index (χ1) is 8.31. The molecule has 2 aromatic rings. The second kappa shape index (κ2) is 4.31. The largest absolute Gasteiger partial charge is 0.352 e. The molecule has 3 rings (SSSR count). The zero-order valence-electron chi connectivity index (χ0n) is 9.51. The fraction of sp³-hybridized carbons (Fsp3) is 0.333. The molecule has 0 saturated heterocycles. The number of benzene rings is 1. The Kier molecular flexibility index (Phi) is 2.80. The topological polar surface area (TPSA) is 29.9 Å². The van der Waals surface area contributed by atoms with Gasteiger partial charge >= 0.3 is 0 Å². The van der Waals surface area contributed by atoms with Crippen LogP contribution >= 0.6 is 24.0 Å². The Labute approximate surface area is 110 Å². The fourth-order valence-electron chi connectivity index (χ4n) is 2.21. The maximum atomic E-state index is 5.39. The molecular formula is C12H13N3S2. The van der Waals surface area contributed by atoms with E-state index in [1.54, 1.807) is 0 Å². The van der Waals surface area contributed by atoms with Crippen molar-refractivity contribution in [3.8, 4) is 0 Å². The van der Waals surface area contributed by atoms with Crippen molar-refractivity contribution in [2.24, 2.45) is 0 Å². The van der Waals surface area contributed by atoms with E-state index in [1.807, 2.05) is 30.0 Å². The van der Waals surface area contributed by atoms with Gasteiger partial charge in [-0.25, -0.2) is 4.98 Å².